The number of hydrogen-bond acceptors (Lipinski definition) is 2. The molecule has 0 fully saturated rings. The second-order valence-corrected chi connectivity index (χ2v) is 6.45. The number of carbonyl (C=O) groups is 1. The minimum atomic E-state index is -0.529. The third-order valence-electron chi connectivity index (χ3n) is 4.60. The molecule has 2 aromatic carbocycles. The predicted molar refractivity (Wildman–Crippen MR) is 103 cm³/mol. The van der Waals surface area contributed by atoms with Crippen LogP contribution in [0.25, 0.3) is 5.65 Å². The van der Waals surface area contributed by atoms with Gasteiger partial charge < -0.3 is 9.72 Å². The fourth-order valence-corrected chi connectivity index (χ4v) is 3.27. The first-order chi connectivity index (χ1) is 13.6. The molecular formula is C22H17F2N3O. The van der Waals surface area contributed by atoms with E-state index in [4.69, 9.17) is 0 Å². The number of fused-ring (bicyclic) bond motifs is 1. The van der Waals surface area contributed by atoms with Crippen LogP contribution >= 0.6 is 0 Å². The number of carbonyl (C=O) groups excluding carboxylic acids is 1. The average Bonchev–Trinajstić information content (AvgIpc) is 3.13. The van der Waals surface area contributed by atoms with Crippen LogP contribution in [0.15, 0.2) is 79.1 Å². The summed E-state index contributed by atoms with van der Waals surface area (Å²) in [5.74, 6) is -1.59. The summed E-state index contributed by atoms with van der Waals surface area (Å²) in [5, 5.41) is 2.74. The van der Waals surface area contributed by atoms with Crippen LogP contribution in [0.1, 0.15) is 23.6 Å². The smallest absolute Gasteiger partial charge is 0.225 e. The molecule has 0 aliphatic rings. The molecule has 0 aliphatic carbocycles. The van der Waals surface area contributed by atoms with Crippen molar-refractivity contribution >= 4 is 17.2 Å². The Bertz CT molecular complexity index is 1120. The van der Waals surface area contributed by atoms with E-state index in [1.165, 1.54) is 30.3 Å². The Hall–Kier alpha value is -3.54. The van der Waals surface area contributed by atoms with Gasteiger partial charge in [-0.1, -0.05) is 24.3 Å². The van der Waals surface area contributed by atoms with Crippen molar-refractivity contribution in [2.75, 3.05) is 5.32 Å². The summed E-state index contributed by atoms with van der Waals surface area (Å²) in [7, 11) is 0. The van der Waals surface area contributed by atoms with Crippen molar-refractivity contribution in [1.82, 2.24) is 9.38 Å². The summed E-state index contributed by atoms with van der Waals surface area (Å²) >= 11 is 0. The van der Waals surface area contributed by atoms with Gasteiger partial charge in [0, 0.05) is 30.4 Å². The third kappa shape index (κ3) is 3.62. The number of halogens is 2. The fourth-order valence-electron chi connectivity index (χ4n) is 3.27. The molecule has 0 unspecified atom stereocenters. The Labute approximate surface area is 160 Å². The van der Waals surface area contributed by atoms with Crippen LogP contribution in [-0.2, 0) is 4.79 Å². The zero-order chi connectivity index (χ0) is 19.5. The minimum absolute atomic E-state index is 0.0149. The number of rotatable bonds is 5. The molecule has 1 amide bonds. The number of nitrogens with zero attached hydrogens (tertiary/aromatic N) is 2. The van der Waals surface area contributed by atoms with Crippen LogP contribution in [0.4, 0.5) is 14.5 Å². The average molecular weight is 377 g/mol. The van der Waals surface area contributed by atoms with Crippen molar-refractivity contribution in [1.29, 1.82) is 0 Å². The first-order valence-corrected chi connectivity index (χ1v) is 8.83. The number of aromatic nitrogens is 2. The van der Waals surface area contributed by atoms with Gasteiger partial charge in [-0.15, -0.1) is 0 Å². The van der Waals surface area contributed by atoms with Gasteiger partial charge in [0.1, 0.15) is 17.3 Å². The number of pyridine rings is 1. The highest BCUT2D eigenvalue weighted by molar-refractivity contribution is 5.91. The highest BCUT2D eigenvalue weighted by Gasteiger charge is 2.24. The van der Waals surface area contributed by atoms with Crippen LogP contribution in [0, 0.1) is 11.6 Å². The number of nitrogens with one attached hydrogen (secondary N) is 1. The van der Waals surface area contributed by atoms with Gasteiger partial charge in [0.05, 0.1) is 5.69 Å². The molecule has 0 radical (unpaired) electrons. The van der Waals surface area contributed by atoms with E-state index < -0.39 is 5.92 Å². The summed E-state index contributed by atoms with van der Waals surface area (Å²) < 4.78 is 29.5. The van der Waals surface area contributed by atoms with Gasteiger partial charge >= 0.3 is 0 Å². The maximum Gasteiger partial charge on any atom is 0.225 e. The number of anilines is 1. The Kier molecular flexibility index (Phi) is 4.85. The van der Waals surface area contributed by atoms with Gasteiger partial charge in [0.15, 0.2) is 0 Å². The lowest BCUT2D eigenvalue weighted by atomic mass is 9.92. The molecule has 0 aliphatic heterocycles. The van der Waals surface area contributed by atoms with Crippen molar-refractivity contribution < 1.29 is 13.6 Å². The maximum atomic E-state index is 14.6. The number of benzene rings is 2. The van der Waals surface area contributed by atoms with Gasteiger partial charge in [0.2, 0.25) is 5.91 Å². The van der Waals surface area contributed by atoms with Gasteiger partial charge in [-0.3, -0.25) is 4.79 Å². The van der Waals surface area contributed by atoms with Crippen LogP contribution in [-0.4, -0.2) is 15.3 Å². The maximum absolute atomic E-state index is 14.6. The van der Waals surface area contributed by atoms with Crippen molar-refractivity contribution in [3.63, 3.8) is 0 Å². The predicted octanol–water partition coefficient (Wildman–Crippen LogP) is 4.77. The van der Waals surface area contributed by atoms with E-state index >= 15 is 0 Å². The van der Waals surface area contributed by atoms with E-state index in [1.54, 1.807) is 24.4 Å². The summed E-state index contributed by atoms with van der Waals surface area (Å²) in [6.45, 7) is 0. The third-order valence-corrected chi connectivity index (χ3v) is 4.60. The molecule has 4 rings (SSSR count). The molecule has 0 spiro atoms. The van der Waals surface area contributed by atoms with E-state index in [9.17, 15) is 13.6 Å². The SMILES string of the molecule is O=C(C[C@H](c1ccccc1F)c1cnc2ccccn12)Nc1ccc(F)cc1. The van der Waals surface area contributed by atoms with E-state index in [2.05, 4.69) is 10.3 Å². The fraction of sp³-hybridized carbons (Fsp3) is 0.0909. The Morgan fingerprint density at radius 3 is 2.54 bits per heavy atom. The minimum Gasteiger partial charge on any atom is -0.326 e. The largest absolute Gasteiger partial charge is 0.326 e. The molecular weight excluding hydrogens is 360 g/mol. The molecule has 0 saturated carbocycles. The summed E-state index contributed by atoms with van der Waals surface area (Å²) in [6.07, 6.45) is 3.52. The first kappa shape index (κ1) is 17.9. The first-order valence-electron chi connectivity index (χ1n) is 8.83. The van der Waals surface area contributed by atoms with Gasteiger partial charge in [-0.25, -0.2) is 13.8 Å². The van der Waals surface area contributed by atoms with Crippen molar-refractivity contribution in [3.05, 3.63) is 102 Å². The summed E-state index contributed by atoms with van der Waals surface area (Å²) in [5.41, 5.74) is 2.34. The highest BCUT2D eigenvalue weighted by Crippen LogP contribution is 2.31. The lowest BCUT2D eigenvalue weighted by molar-refractivity contribution is -0.116. The molecule has 1 N–H and O–H groups in total. The van der Waals surface area contributed by atoms with E-state index in [0.717, 1.165) is 11.3 Å². The van der Waals surface area contributed by atoms with Crippen molar-refractivity contribution in [2.45, 2.75) is 12.3 Å². The van der Waals surface area contributed by atoms with Crippen LogP contribution in [0.3, 0.4) is 0 Å². The number of imidazole rings is 1. The zero-order valence-corrected chi connectivity index (χ0v) is 14.8. The quantitative estimate of drug-likeness (QED) is 0.544. The van der Waals surface area contributed by atoms with Crippen LogP contribution in [0.5, 0.6) is 0 Å². The zero-order valence-electron chi connectivity index (χ0n) is 14.8. The molecule has 1 atom stereocenters. The molecule has 4 nitrogen and oxygen atoms in total. The van der Waals surface area contributed by atoms with Crippen LogP contribution < -0.4 is 5.32 Å². The molecule has 0 bridgehead atoms. The molecule has 2 aromatic heterocycles. The highest BCUT2D eigenvalue weighted by atomic mass is 19.1. The Morgan fingerprint density at radius 2 is 1.75 bits per heavy atom. The molecule has 6 heteroatoms. The second kappa shape index (κ2) is 7.60. The second-order valence-electron chi connectivity index (χ2n) is 6.45. The molecule has 28 heavy (non-hydrogen) atoms. The number of amides is 1. The van der Waals surface area contributed by atoms with E-state index in [1.807, 2.05) is 28.8 Å². The molecule has 0 saturated heterocycles. The van der Waals surface area contributed by atoms with Crippen molar-refractivity contribution in [2.24, 2.45) is 0 Å². The van der Waals surface area contributed by atoms with Gasteiger partial charge in [-0.2, -0.15) is 0 Å². The van der Waals surface area contributed by atoms with Gasteiger partial charge in [0.25, 0.3) is 0 Å². The topological polar surface area (TPSA) is 46.4 Å². The van der Waals surface area contributed by atoms with Crippen LogP contribution in [0.2, 0.25) is 0 Å². The summed E-state index contributed by atoms with van der Waals surface area (Å²) in [6, 6.07) is 17.5. The molecule has 4 aromatic rings. The molecule has 140 valence electrons. The lowest BCUT2D eigenvalue weighted by Crippen LogP contribution is -2.18. The number of hydrogen-bond donors (Lipinski definition) is 1. The molecule has 2 heterocycles. The lowest BCUT2D eigenvalue weighted by Gasteiger charge is -2.18. The normalized spacial score (nSPS) is 12.1. The van der Waals surface area contributed by atoms with E-state index in [-0.39, 0.29) is 24.0 Å². The standard InChI is InChI=1S/C22H17F2N3O/c23-15-8-10-16(11-9-15)26-22(28)13-18(17-5-1-2-6-19(17)24)20-14-25-21-7-3-4-12-27(20)21/h1-12,14,18H,13H2,(H,26,28)/t18-/m1/s1. The Morgan fingerprint density at radius 1 is 1.00 bits per heavy atom. The monoisotopic (exact) mass is 377 g/mol. The van der Waals surface area contributed by atoms with Gasteiger partial charge in [-0.05, 0) is 48.0 Å². The van der Waals surface area contributed by atoms with Crippen molar-refractivity contribution in [3.8, 4) is 0 Å². The summed E-state index contributed by atoms with van der Waals surface area (Å²) in [4.78, 5) is 17.0. The Balaban J connectivity index is 1.68. The van der Waals surface area contributed by atoms with E-state index in [0.29, 0.717) is 11.3 Å².